The molecule has 0 aliphatic carbocycles. The van der Waals surface area contributed by atoms with E-state index in [9.17, 15) is 9.59 Å². The van der Waals surface area contributed by atoms with E-state index in [1.165, 1.54) is 0 Å². The first-order chi connectivity index (χ1) is 17.6. The Morgan fingerprint density at radius 2 is 1.69 bits per heavy atom. The zero-order valence-corrected chi connectivity index (χ0v) is 21.0. The van der Waals surface area contributed by atoms with E-state index in [1.807, 2.05) is 53.4 Å². The molecule has 36 heavy (non-hydrogen) atoms. The molecule has 0 saturated carbocycles. The Hall–Kier alpha value is -3.14. The number of carbonyl (C=O) groups is 2. The van der Waals surface area contributed by atoms with E-state index < -0.39 is 0 Å². The van der Waals surface area contributed by atoms with Crippen LogP contribution >= 0.6 is 0 Å². The number of nitrogens with zero attached hydrogens (tertiary/aromatic N) is 4. The molecule has 0 aromatic heterocycles. The van der Waals surface area contributed by atoms with Crippen LogP contribution in [-0.2, 0) is 14.3 Å². The lowest BCUT2D eigenvalue weighted by atomic mass is 9.83. The van der Waals surface area contributed by atoms with Gasteiger partial charge in [-0.25, -0.2) is 10.4 Å². The van der Waals surface area contributed by atoms with Gasteiger partial charge >= 0.3 is 0 Å². The van der Waals surface area contributed by atoms with Crippen LogP contribution in [0.25, 0.3) is 0 Å². The van der Waals surface area contributed by atoms with E-state index in [0.717, 1.165) is 30.2 Å². The molecular formula is C27H35N5O4. The van der Waals surface area contributed by atoms with Crippen molar-refractivity contribution in [1.82, 2.24) is 15.2 Å². The number of fused-ring (bicyclic) bond motifs is 1. The summed E-state index contributed by atoms with van der Waals surface area (Å²) in [6.45, 7) is 5.25. The Morgan fingerprint density at radius 3 is 2.42 bits per heavy atom. The fourth-order valence-corrected chi connectivity index (χ4v) is 5.64. The van der Waals surface area contributed by atoms with Gasteiger partial charge in [-0.15, -0.1) is 0 Å². The van der Waals surface area contributed by atoms with Crippen molar-refractivity contribution in [3.05, 3.63) is 54.6 Å². The third kappa shape index (κ3) is 4.78. The number of amides is 2. The molecule has 9 nitrogen and oxygen atoms in total. The number of likely N-dealkylation sites (tertiary alicyclic amines) is 1. The average Bonchev–Trinajstić information content (AvgIpc) is 3.27. The summed E-state index contributed by atoms with van der Waals surface area (Å²) in [5, 5.41) is 1.63. The van der Waals surface area contributed by atoms with Gasteiger partial charge in [0.05, 0.1) is 43.0 Å². The topological polar surface area (TPSA) is 77.6 Å². The van der Waals surface area contributed by atoms with Crippen molar-refractivity contribution in [2.75, 3.05) is 76.5 Å². The smallest absolute Gasteiger partial charge is 0.247 e. The van der Waals surface area contributed by atoms with Crippen LogP contribution in [0.4, 0.5) is 11.4 Å². The molecule has 0 spiro atoms. The summed E-state index contributed by atoms with van der Waals surface area (Å²) >= 11 is 0. The molecule has 0 radical (unpaired) electrons. The quantitative estimate of drug-likeness (QED) is 0.626. The molecule has 3 unspecified atom stereocenters. The van der Waals surface area contributed by atoms with Gasteiger partial charge < -0.3 is 19.3 Å². The van der Waals surface area contributed by atoms with Gasteiger partial charge in [0.1, 0.15) is 5.75 Å². The first-order valence-corrected chi connectivity index (χ1v) is 12.6. The molecular weight excluding hydrogens is 458 g/mol. The Morgan fingerprint density at radius 1 is 0.972 bits per heavy atom. The van der Waals surface area contributed by atoms with E-state index in [0.29, 0.717) is 39.3 Å². The van der Waals surface area contributed by atoms with E-state index in [2.05, 4.69) is 21.3 Å². The number of benzene rings is 2. The molecule has 192 valence electrons. The molecule has 2 aromatic carbocycles. The maximum Gasteiger partial charge on any atom is 0.247 e. The normalized spacial score (nSPS) is 24.7. The number of ether oxygens (including phenoxy) is 2. The monoisotopic (exact) mass is 493 g/mol. The van der Waals surface area contributed by atoms with Crippen LogP contribution in [0.2, 0.25) is 0 Å². The number of para-hydroxylation sites is 3. The van der Waals surface area contributed by atoms with E-state index in [-0.39, 0.29) is 29.7 Å². The van der Waals surface area contributed by atoms with Crippen molar-refractivity contribution in [3.63, 3.8) is 0 Å². The third-order valence-corrected chi connectivity index (χ3v) is 7.55. The summed E-state index contributed by atoms with van der Waals surface area (Å²) in [6.07, 6.45) is 0. The Bertz CT molecular complexity index is 1060. The van der Waals surface area contributed by atoms with Crippen molar-refractivity contribution in [2.24, 2.45) is 11.8 Å². The van der Waals surface area contributed by atoms with Gasteiger partial charge in [0.25, 0.3) is 0 Å². The number of piperidine rings is 1. The van der Waals surface area contributed by atoms with Gasteiger partial charge in [-0.3, -0.25) is 14.5 Å². The van der Waals surface area contributed by atoms with Gasteiger partial charge in [-0.2, -0.15) is 0 Å². The standard InChI is InChI=1S/C27H35N5O4/c1-35-17-16-29-18-21(25-22(19-29)27(34)32(28-25)20-8-4-3-5-9-20)26(33)31-14-12-30(13-15-31)23-10-6-7-11-24(23)36-2/h3-11,21-22,25,28H,12-19H2,1-2H3. The number of hydrogen-bond acceptors (Lipinski definition) is 7. The second-order valence-corrected chi connectivity index (χ2v) is 9.61. The minimum absolute atomic E-state index is 0.0205. The lowest BCUT2D eigenvalue weighted by molar-refractivity contribution is -0.140. The van der Waals surface area contributed by atoms with Gasteiger partial charge in [0, 0.05) is 52.9 Å². The molecule has 3 fully saturated rings. The average molecular weight is 494 g/mol. The van der Waals surface area contributed by atoms with Crippen molar-refractivity contribution in [3.8, 4) is 5.75 Å². The summed E-state index contributed by atoms with van der Waals surface area (Å²) in [5.41, 5.74) is 5.26. The first-order valence-electron chi connectivity index (χ1n) is 12.6. The minimum Gasteiger partial charge on any atom is -0.495 e. The van der Waals surface area contributed by atoms with Gasteiger partial charge in [-0.1, -0.05) is 30.3 Å². The molecule has 2 amide bonds. The summed E-state index contributed by atoms with van der Waals surface area (Å²) < 4.78 is 10.8. The molecule has 1 N–H and O–H groups in total. The number of methoxy groups -OCH3 is 2. The molecule has 3 aliphatic rings. The zero-order chi connectivity index (χ0) is 25.1. The molecule has 3 saturated heterocycles. The molecule has 3 atom stereocenters. The maximum absolute atomic E-state index is 13.9. The highest BCUT2D eigenvalue weighted by Gasteiger charge is 2.51. The number of rotatable bonds is 7. The van der Waals surface area contributed by atoms with Crippen molar-refractivity contribution in [2.45, 2.75) is 6.04 Å². The lowest BCUT2D eigenvalue weighted by Gasteiger charge is -2.42. The summed E-state index contributed by atoms with van der Waals surface area (Å²) in [6, 6.07) is 17.4. The van der Waals surface area contributed by atoms with Crippen molar-refractivity contribution < 1.29 is 19.1 Å². The zero-order valence-electron chi connectivity index (χ0n) is 21.0. The second-order valence-electron chi connectivity index (χ2n) is 9.61. The molecule has 9 heteroatoms. The highest BCUT2D eigenvalue weighted by Crippen LogP contribution is 2.33. The van der Waals surface area contributed by atoms with Gasteiger partial charge in [-0.05, 0) is 24.3 Å². The fourth-order valence-electron chi connectivity index (χ4n) is 5.64. The summed E-state index contributed by atoms with van der Waals surface area (Å²) in [5.74, 6) is 0.390. The van der Waals surface area contributed by atoms with Crippen LogP contribution in [0.15, 0.2) is 54.6 Å². The number of piperazine rings is 1. The third-order valence-electron chi connectivity index (χ3n) is 7.55. The summed E-state index contributed by atoms with van der Waals surface area (Å²) in [4.78, 5) is 33.7. The predicted octanol–water partition coefficient (Wildman–Crippen LogP) is 1.46. The molecule has 0 bridgehead atoms. The number of carbonyl (C=O) groups excluding carboxylic acids is 2. The fraction of sp³-hybridized carbons (Fsp3) is 0.481. The molecule has 2 aromatic rings. The molecule has 5 rings (SSSR count). The summed E-state index contributed by atoms with van der Waals surface area (Å²) in [7, 11) is 3.36. The predicted molar refractivity (Wildman–Crippen MR) is 138 cm³/mol. The Labute approximate surface area is 212 Å². The highest BCUT2D eigenvalue weighted by molar-refractivity contribution is 5.98. The van der Waals surface area contributed by atoms with Gasteiger partial charge in [0.2, 0.25) is 11.8 Å². The molecule has 3 aliphatic heterocycles. The SMILES string of the molecule is COCCN1CC(C(=O)N2CCN(c3ccccc3OC)CC2)C2NN(c3ccccc3)C(=O)C2C1. The van der Waals surface area contributed by atoms with Gasteiger partial charge in [0.15, 0.2) is 0 Å². The maximum atomic E-state index is 13.9. The second kappa shape index (κ2) is 10.9. The number of hydrogen-bond donors (Lipinski definition) is 1. The first kappa shape index (κ1) is 24.5. The van der Waals surface area contributed by atoms with Crippen LogP contribution in [0.5, 0.6) is 5.75 Å². The van der Waals surface area contributed by atoms with E-state index in [4.69, 9.17) is 9.47 Å². The van der Waals surface area contributed by atoms with Crippen LogP contribution in [0.3, 0.4) is 0 Å². The Balaban J connectivity index is 1.31. The van der Waals surface area contributed by atoms with Crippen LogP contribution in [0.1, 0.15) is 0 Å². The lowest BCUT2D eigenvalue weighted by Crippen LogP contribution is -2.60. The van der Waals surface area contributed by atoms with Crippen LogP contribution in [-0.4, -0.2) is 94.3 Å². The number of hydrazine groups is 1. The minimum atomic E-state index is -0.309. The molecule has 3 heterocycles. The van der Waals surface area contributed by atoms with Crippen molar-refractivity contribution >= 4 is 23.2 Å². The Kier molecular flexibility index (Phi) is 7.41. The largest absolute Gasteiger partial charge is 0.495 e. The van der Waals surface area contributed by atoms with Crippen molar-refractivity contribution in [1.29, 1.82) is 0 Å². The number of anilines is 2. The van der Waals surface area contributed by atoms with E-state index in [1.54, 1.807) is 19.2 Å². The van der Waals surface area contributed by atoms with Crippen LogP contribution in [0, 0.1) is 11.8 Å². The highest BCUT2D eigenvalue weighted by atomic mass is 16.5. The van der Waals surface area contributed by atoms with Crippen LogP contribution < -0.4 is 20.1 Å². The number of nitrogens with one attached hydrogen (secondary N) is 1. The van der Waals surface area contributed by atoms with E-state index >= 15 is 0 Å².